The van der Waals surface area contributed by atoms with Gasteiger partial charge in [-0.3, -0.25) is 0 Å². The first-order valence-corrected chi connectivity index (χ1v) is 26.8. The van der Waals surface area contributed by atoms with Gasteiger partial charge in [0.05, 0.1) is 38.6 Å². The van der Waals surface area contributed by atoms with Crippen molar-refractivity contribution in [1.29, 1.82) is 0 Å². The van der Waals surface area contributed by atoms with Gasteiger partial charge in [0.2, 0.25) is 0 Å². The van der Waals surface area contributed by atoms with Gasteiger partial charge in [-0.15, -0.1) is 0 Å². The smallest absolute Gasteiger partial charge is 0.0541 e. The van der Waals surface area contributed by atoms with E-state index in [1.54, 1.807) is 0 Å². The lowest BCUT2D eigenvalue weighted by Crippen LogP contribution is -2.04. The third-order valence-corrected chi connectivity index (χ3v) is 16.6. The van der Waals surface area contributed by atoms with Crippen molar-refractivity contribution in [3.63, 3.8) is 0 Å². The molecule has 0 spiro atoms. The maximum absolute atomic E-state index is 4.64. The molecule has 0 saturated carbocycles. The van der Waals surface area contributed by atoms with Crippen LogP contribution in [0.1, 0.15) is 18.2 Å². The molecule has 16 rings (SSSR count). The maximum Gasteiger partial charge on any atom is 0.0541 e. The molecule has 0 atom stereocenters. The van der Waals surface area contributed by atoms with E-state index in [4.69, 9.17) is 0 Å². The molecule has 362 valence electrons. The zero-order chi connectivity index (χ0) is 50.9. The number of aryl methyl sites for hydroxylation is 2. The normalized spacial score (nSPS) is 12.8. The molecule has 0 amide bonds. The van der Waals surface area contributed by atoms with Crippen LogP contribution in [0.3, 0.4) is 0 Å². The summed E-state index contributed by atoms with van der Waals surface area (Å²) in [5.74, 6) is 0. The molecule has 0 aliphatic heterocycles. The Bertz CT molecular complexity index is 5150. The first-order valence-electron chi connectivity index (χ1n) is 26.8. The Morgan fingerprint density at radius 1 is 0.338 bits per heavy atom. The van der Waals surface area contributed by atoms with Gasteiger partial charge in [0.15, 0.2) is 0 Å². The summed E-state index contributed by atoms with van der Waals surface area (Å²) >= 11 is 0. The number of hydrogen-bond donors (Lipinski definition) is 0. The molecule has 0 unspecified atom stereocenters. The van der Waals surface area contributed by atoms with E-state index in [9.17, 15) is 0 Å². The number of fused-ring (bicyclic) bond motifs is 12. The van der Waals surface area contributed by atoms with E-state index in [-0.39, 0.29) is 0 Å². The van der Waals surface area contributed by atoms with Gasteiger partial charge >= 0.3 is 0 Å². The average Bonchev–Trinajstić information content (AvgIpc) is 4.23. The number of allylic oxidation sites excluding steroid dienone is 5. The van der Waals surface area contributed by atoms with Crippen LogP contribution in [0.25, 0.3) is 142 Å². The van der Waals surface area contributed by atoms with E-state index in [0.29, 0.717) is 0 Å². The Labute approximate surface area is 444 Å². The van der Waals surface area contributed by atoms with Crippen molar-refractivity contribution in [2.75, 3.05) is 0 Å². The summed E-state index contributed by atoms with van der Waals surface area (Å²) in [4.78, 5) is 0. The van der Waals surface area contributed by atoms with Crippen molar-refractivity contribution >= 4 is 125 Å². The fourth-order valence-electron chi connectivity index (χ4n) is 13.1. The van der Waals surface area contributed by atoms with Crippen molar-refractivity contribution in [3.8, 4) is 17.1 Å². The lowest BCUT2D eigenvalue weighted by molar-refractivity contribution is 0.880. The van der Waals surface area contributed by atoms with Gasteiger partial charge in [-0.2, -0.15) is 0 Å². The predicted octanol–water partition coefficient (Wildman–Crippen LogP) is 19.4. The summed E-state index contributed by atoms with van der Waals surface area (Å²) in [7, 11) is 0. The average molecular weight is 983 g/mol. The third-order valence-electron chi connectivity index (χ3n) is 16.6. The lowest BCUT2D eigenvalue weighted by atomic mass is 9.96. The second kappa shape index (κ2) is 16.8. The SMILES string of the molecule is C=C(/C=C\C=C/C)n1c2ccc3cc2c2cc(ccc21)c1ccc2c(c1)c1cc(ccc1n2-c1ccccc1)c1ccc2c(c1)c1cc(ccc1n2-c1ccccc1)c1ccc2c(c1)c1cc3CCc1n2-c1ccccc1. The molecule has 11 aromatic carbocycles. The molecule has 1 aliphatic rings. The van der Waals surface area contributed by atoms with Gasteiger partial charge in [0, 0.05) is 71.5 Å². The van der Waals surface area contributed by atoms with Crippen LogP contribution in [0.15, 0.2) is 255 Å². The van der Waals surface area contributed by atoms with Crippen LogP contribution in [0.4, 0.5) is 0 Å². The molecule has 1 aliphatic carbocycles. The summed E-state index contributed by atoms with van der Waals surface area (Å²) in [5.41, 5.74) is 15.3. The highest BCUT2D eigenvalue weighted by molar-refractivity contribution is 6.19. The molecule has 0 saturated heterocycles. The van der Waals surface area contributed by atoms with Crippen LogP contribution in [0.2, 0.25) is 0 Å². The highest BCUT2D eigenvalue weighted by atomic mass is 15.0. The highest BCUT2D eigenvalue weighted by Gasteiger charge is 2.21. The topological polar surface area (TPSA) is 19.7 Å². The molecule has 0 fully saturated rings. The Balaban J connectivity index is 1.07. The van der Waals surface area contributed by atoms with E-state index in [0.717, 1.165) is 40.9 Å². The molecule has 4 heteroatoms. The van der Waals surface area contributed by atoms with Crippen molar-refractivity contribution in [1.82, 2.24) is 18.3 Å². The summed E-state index contributed by atoms with van der Waals surface area (Å²) in [6.07, 6.45) is 10.2. The van der Waals surface area contributed by atoms with E-state index >= 15 is 0 Å². The molecule has 0 radical (unpaired) electrons. The van der Waals surface area contributed by atoms with Gasteiger partial charge in [0.25, 0.3) is 0 Å². The number of hydrogen-bond acceptors (Lipinski definition) is 0. The zero-order valence-electron chi connectivity index (χ0n) is 42.6. The van der Waals surface area contributed by atoms with Gasteiger partial charge in [-0.1, -0.05) is 122 Å². The standard InChI is InChI=1S/C73H50N4/c1-3-4-8-15-46(2)74-66-30-22-47-38-58(66)59-39-48(23-31-67(59)74)50-25-33-69-61(41-50)63-43-52(27-35-71(63)76(69)56-18-11-6-12-19-56)54-29-37-73-65(45-54)64-44-53(28-36-72(64)77(73)57-20-13-7-14-21-57)51-26-34-70-62(42-51)60-40-49(47)24-32-68(60)75(70)55-16-9-5-10-17-55/h3-24,26-32,34-45H,2,25,33H2,1H3/b4-3-,15-8-. The number of benzene rings is 10. The van der Waals surface area contributed by atoms with Gasteiger partial charge in [0.1, 0.15) is 0 Å². The molecule has 77 heavy (non-hydrogen) atoms. The van der Waals surface area contributed by atoms with E-state index in [1.807, 2.05) is 6.92 Å². The molecular weight excluding hydrogens is 933 g/mol. The monoisotopic (exact) mass is 982 g/mol. The Kier molecular flexibility index (Phi) is 9.49. The van der Waals surface area contributed by atoms with Crippen molar-refractivity contribution in [3.05, 3.63) is 267 Å². The molecule has 0 N–H and O–H groups in total. The van der Waals surface area contributed by atoms with Crippen LogP contribution in [-0.2, 0) is 12.8 Å². The third kappa shape index (κ3) is 6.58. The lowest BCUT2D eigenvalue weighted by Gasteiger charge is -2.14. The summed E-state index contributed by atoms with van der Waals surface area (Å²) in [6.45, 7) is 6.69. The second-order valence-corrected chi connectivity index (χ2v) is 20.9. The van der Waals surface area contributed by atoms with Crippen LogP contribution < -0.4 is 0 Å². The van der Waals surface area contributed by atoms with Crippen molar-refractivity contribution < 1.29 is 0 Å². The van der Waals surface area contributed by atoms with Gasteiger partial charge in [-0.05, 0) is 197 Å². The number of rotatable bonds is 6. The minimum absolute atomic E-state index is 0.924. The Morgan fingerprint density at radius 2 is 0.675 bits per heavy atom. The quantitative estimate of drug-likeness (QED) is 0.148. The predicted molar refractivity (Wildman–Crippen MR) is 329 cm³/mol. The Hall–Kier alpha value is -9.90. The summed E-state index contributed by atoms with van der Waals surface area (Å²) < 4.78 is 9.69. The fraction of sp³-hybridized carbons (Fsp3) is 0.0411. The summed E-state index contributed by atoms with van der Waals surface area (Å²) in [5, 5.41) is 18.3. The maximum atomic E-state index is 4.64. The van der Waals surface area contributed by atoms with Crippen LogP contribution in [-0.4, -0.2) is 18.3 Å². The number of nitrogens with zero attached hydrogens (tertiary/aromatic N) is 4. The molecule has 15 aromatic rings. The Morgan fingerprint density at radius 3 is 1.09 bits per heavy atom. The first kappa shape index (κ1) is 43.5. The van der Waals surface area contributed by atoms with Crippen LogP contribution in [0.5, 0.6) is 0 Å². The van der Waals surface area contributed by atoms with Crippen molar-refractivity contribution in [2.45, 2.75) is 19.8 Å². The minimum atomic E-state index is 0.924. The highest BCUT2D eigenvalue weighted by Crippen LogP contribution is 2.42. The molecule has 4 aromatic heterocycles. The van der Waals surface area contributed by atoms with E-state index < -0.39 is 0 Å². The van der Waals surface area contributed by atoms with Crippen LogP contribution in [0, 0.1) is 0 Å². The second-order valence-electron chi connectivity index (χ2n) is 20.9. The van der Waals surface area contributed by atoms with Gasteiger partial charge < -0.3 is 18.3 Å². The zero-order valence-corrected chi connectivity index (χ0v) is 42.6. The van der Waals surface area contributed by atoms with Crippen LogP contribution >= 0.6 is 0 Å². The minimum Gasteiger partial charge on any atom is -0.313 e. The van der Waals surface area contributed by atoms with Gasteiger partial charge in [-0.25, -0.2) is 0 Å². The number of para-hydroxylation sites is 3. The summed E-state index contributed by atoms with van der Waals surface area (Å²) in [6, 6.07) is 84.5. The molecule has 4 heterocycles. The van der Waals surface area contributed by atoms with E-state index in [2.05, 4.69) is 274 Å². The largest absolute Gasteiger partial charge is 0.313 e. The van der Waals surface area contributed by atoms with Crippen molar-refractivity contribution in [2.24, 2.45) is 0 Å². The molecule has 16 bridgehead atoms. The number of aromatic nitrogens is 4. The fourth-order valence-corrected chi connectivity index (χ4v) is 13.1. The first-order chi connectivity index (χ1) is 38.0. The molecule has 4 nitrogen and oxygen atoms in total. The molecular formula is C73H50N4. The van der Waals surface area contributed by atoms with E-state index in [1.165, 1.54) is 125 Å².